The molecular weight excluding hydrogens is 552 g/mol. The number of benzene rings is 3. The Labute approximate surface area is 237 Å². The lowest BCUT2D eigenvalue weighted by Crippen LogP contribution is -2.51. The average Bonchev–Trinajstić information content (AvgIpc) is 3.35. The molecule has 1 fully saturated rings. The SMILES string of the molecule is CC1=C[C@H]2N(c3ccc(C)cc31)[C@H](C(=O)C(C)(C)C)[C@H](C(=O)c1ccc(Br)cc1)[C@]21C(=O)Nc2ccccc21. The summed E-state index contributed by atoms with van der Waals surface area (Å²) in [5, 5.41) is 3.09. The standard InChI is InChI=1S/C33H31BrN2O3/c1-18-10-15-25-22(16-18)19(2)17-26-33(23-8-6-7-9-24(23)35-31(33)39)27(28(36(25)26)30(38)32(3,4)5)29(37)20-11-13-21(34)14-12-20/h6-17,26-28H,1-5H3,(H,35,39)/t26-,27-,28+,33-/m1/s1. The van der Waals surface area contributed by atoms with Gasteiger partial charge in [0, 0.05) is 32.4 Å². The quantitative estimate of drug-likeness (QED) is 0.347. The highest BCUT2D eigenvalue weighted by molar-refractivity contribution is 9.10. The third kappa shape index (κ3) is 3.61. The number of nitrogens with one attached hydrogen (secondary N) is 1. The summed E-state index contributed by atoms with van der Waals surface area (Å²) in [4.78, 5) is 45.6. The van der Waals surface area contributed by atoms with Crippen LogP contribution >= 0.6 is 15.9 Å². The first-order valence-corrected chi connectivity index (χ1v) is 14.1. The zero-order valence-electron chi connectivity index (χ0n) is 22.7. The highest BCUT2D eigenvalue weighted by Gasteiger charge is 2.71. The Balaban J connectivity index is 1.70. The van der Waals surface area contributed by atoms with Crippen molar-refractivity contribution in [2.45, 2.75) is 52.1 Å². The average molecular weight is 584 g/mol. The number of allylic oxidation sites excluding steroid dienone is 1. The third-order valence-electron chi connectivity index (χ3n) is 8.55. The molecule has 6 rings (SSSR count). The maximum atomic E-state index is 14.7. The number of hydrogen-bond acceptors (Lipinski definition) is 4. The van der Waals surface area contributed by atoms with Crippen LogP contribution in [0.5, 0.6) is 0 Å². The van der Waals surface area contributed by atoms with Gasteiger partial charge in [-0.05, 0) is 55.3 Å². The second-order valence-electron chi connectivity index (χ2n) is 12.0. The van der Waals surface area contributed by atoms with Gasteiger partial charge in [-0.25, -0.2) is 0 Å². The largest absolute Gasteiger partial charge is 0.352 e. The van der Waals surface area contributed by atoms with Crippen molar-refractivity contribution in [2.75, 3.05) is 10.2 Å². The molecule has 0 saturated carbocycles. The van der Waals surface area contributed by atoms with Crippen molar-refractivity contribution in [2.24, 2.45) is 11.3 Å². The molecular formula is C33H31BrN2O3. The molecule has 1 amide bonds. The van der Waals surface area contributed by atoms with Gasteiger partial charge >= 0.3 is 0 Å². The predicted molar refractivity (Wildman–Crippen MR) is 158 cm³/mol. The van der Waals surface area contributed by atoms with Crippen molar-refractivity contribution in [3.63, 3.8) is 0 Å². The second kappa shape index (κ2) is 8.75. The number of rotatable bonds is 3. The summed E-state index contributed by atoms with van der Waals surface area (Å²) in [6.07, 6.45) is 2.10. The summed E-state index contributed by atoms with van der Waals surface area (Å²) in [5.74, 6) is -1.43. The van der Waals surface area contributed by atoms with Gasteiger partial charge < -0.3 is 10.2 Å². The summed E-state index contributed by atoms with van der Waals surface area (Å²) in [7, 11) is 0. The number of para-hydroxylation sites is 1. The molecule has 0 radical (unpaired) electrons. The number of hydrogen-bond donors (Lipinski definition) is 1. The Morgan fingerprint density at radius 3 is 2.36 bits per heavy atom. The molecule has 4 atom stereocenters. The molecule has 6 heteroatoms. The van der Waals surface area contributed by atoms with Gasteiger partial charge in [0.1, 0.15) is 11.5 Å². The number of amides is 1. The van der Waals surface area contributed by atoms with Crippen LogP contribution in [0.4, 0.5) is 11.4 Å². The van der Waals surface area contributed by atoms with Crippen molar-refractivity contribution in [1.82, 2.24) is 0 Å². The van der Waals surface area contributed by atoms with Gasteiger partial charge in [0.2, 0.25) is 5.91 Å². The van der Waals surface area contributed by atoms with E-state index >= 15 is 0 Å². The minimum Gasteiger partial charge on any atom is -0.352 e. The van der Waals surface area contributed by atoms with E-state index in [4.69, 9.17) is 0 Å². The summed E-state index contributed by atoms with van der Waals surface area (Å²) in [6.45, 7) is 9.76. The molecule has 3 heterocycles. The molecule has 0 unspecified atom stereocenters. The molecule has 0 aliphatic carbocycles. The molecule has 0 bridgehead atoms. The fraction of sp³-hybridized carbons (Fsp3) is 0.303. The van der Waals surface area contributed by atoms with E-state index in [2.05, 4.69) is 38.3 Å². The predicted octanol–water partition coefficient (Wildman–Crippen LogP) is 6.74. The van der Waals surface area contributed by atoms with Gasteiger partial charge in [-0.3, -0.25) is 14.4 Å². The van der Waals surface area contributed by atoms with E-state index in [1.54, 1.807) is 12.1 Å². The summed E-state index contributed by atoms with van der Waals surface area (Å²) < 4.78 is 0.853. The molecule has 1 spiro atoms. The number of anilines is 2. The molecule has 3 aliphatic heterocycles. The zero-order valence-corrected chi connectivity index (χ0v) is 24.3. The normalized spacial score (nSPS) is 25.1. The van der Waals surface area contributed by atoms with Crippen molar-refractivity contribution in [3.05, 3.63) is 99.5 Å². The Kier molecular flexibility index (Phi) is 5.78. The first kappa shape index (κ1) is 25.8. The van der Waals surface area contributed by atoms with E-state index in [9.17, 15) is 14.4 Å². The van der Waals surface area contributed by atoms with Crippen LogP contribution in [-0.2, 0) is 15.0 Å². The summed E-state index contributed by atoms with van der Waals surface area (Å²) in [5.41, 5.74) is 3.97. The number of fused-ring (bicyclic) bond motifs is 6. The molecule has 198 valence electrons. The number of nitrogens with zero attached hydrogens (tertiary/aromatic N) is 1. The smallest absolute Gasteiger partial charge is 0.238 e. The summed E-state index contributed by atoms with van der Waals surface area (Å²) >= 11 is 3.46. The molecule has 39 heavy (non-hydrogen) atoms. The molecule has 1 saturated heterocycles. The van der Waals surface area contributed by atoms with E-state index < -0.39 is 28.8 Å². The van der Waals surface area contributed by atoms with Crippen molar-refractivity contribution in [1.29, 1.82) is 0 Å². The van der Waals surface area contributed by atoms with Crippen LogP contribution in [0.25, 0.3) is 5.57 Å². The lowest BCUT2D eigenvalue weighted by Gasteiger charge is -2.40. The van der Waals surface area contributed by atoms with E-state index in [1.807, 2.05) is 83.1 Å². The molecule has 3 aliphatic rings. The van der Waals surface area contributed by atoms with Gasteiger partial charge in [0.25, 0.3) is 0 Å². The zero-order chi connectivity index (χ0) is 27.9. The monoisotopic (exact) mass is 582 g/mol. The highest BCUT2D eigenvalue weighted by Crippen LogP contribution is 2.59. The topological polar surface area (TPSA) is 66.5 Å². The van der Waals surface area contributed by atoms with Crippen LogP contribution in [0.3, 0.4) is 0 Å². The first-order chi connectivity index (χ1) is 18.5. The van der Waals surface area contributed by atoms with Crippen LogP contribution in [0, 0.1) is 18.3 Å². The Morgan fingerprint density at radius 1 is 0.974 bits per heavy atom. The Bertz CT molecular complexity index is 1580. The fourth-order valence-electron chi connectivity index (χ4n) is 6.78. The first-order valence-electron chi connectivity index (χ1n) is 13.3. The molecule has 3 aromatic carbocycles. The number of aryl methyl sites for hydroxylation is 1. The summed E-state index contributed by atoms with van der Waals surface area (Å²) in [6, 6.07) is 19.6. The van der Waals surface area contributed by atoms with E-state index in [1.165, 1.54) is 0 Å². The molecule has 5 nitrogen and oxygen atoms in total. The van der Waals surface area contributed by atoms with Gasteiger partial charge in [-0.15, -0.1) is 0 Å². The maximum Gasteiger partial charge on any atom is 0.238 e. The number of carbonyl (C=O) groups excluding carboxylic acids is 3. The number of halogens is 1. The third-order valence-corrected chi connectivity index (χ3v) is 9.08. The van der Waals surface area contributed by atoms with Crippen LogP contribution in [0.2, 0.25) is 0 Å². The minimum absolute atomic E-state index is 0.0588. The van der Waals surface area contributed by atoms with E-state index in [-0.39, 0.29) is 17.5 Å². The van der Waals surface area contributed by atoms with Crippen molar-refractivity contribution >= 4 is 50.4 Å². The minimum atomic E-state index is -1.28. The maximum absolute atomic E-state index is 14.7. The van der Waals surface area contributed by atoms with Crippen LogP contribution in [0.15, 0.2) is 77.3 Å². The van der Waals surface area contributed by atoms with Gasteiger partial charge in [0.15, 0.2) is 11.6 Å². The second-order valence-corrected chi connectivity index (χ2v) is 12.9. The van der Waals surface area contributed by atoms with Gasteiger partial charge in [-0.2, -0.15) is 0 Å². The molecule has 1 N–H and O–H groups in total. The fourth-order valence-corrected chi connectivity index (χ4v) is 7.05. The lowest BCUT2D eigenvalue weighted by atomic mass is 9.63. The van der Waals surface area contributed by atoms with Crippen LogP contribution < -0.4 is 10.2 Å². The van der Waals surface area contributed by atoms with Gasteiger partial charge in [0.05, 0.1) is 12.0 Å². The Morgan fingerprint density at radius 2 is 1.67 bits per heavy atom. The van der Waals surface area contributed by atoms with E-state index in [0.717, 1.165) is 32.4 Å². The van der Waals surface area contributed by atoms with Crippen LogP contribution in [-0.4, -0.2) is 29.6 Å². The number of carbonyl (C=O) groups is 3. The van der Waals surface area contributed by atoms with Crippen molar-refractivity contribution < 1.29 is 14.4 Å². The number of ketones is 2. The number of Topliss-reactive ketones (excluding diaryl/α,β-unsaturated/α-hetero) is 2. The molecule has 0 aromatic heterocycles. The van der Waals surface area contributed by atoms with Gasteiger partial charge in [-0.1, -0.05) is 84.7 Å². The highest BCUT2D eigenvalue weighted by atomic mass is 79.9. The van der Waals surface area contributed by atoms with Crippen LogP contribution in [0.1, 0.15) is 54.7 Å². The molecule has 3 aromatic rings. The Hall–Kier alpha value is -3.51. The van der Waals surface area contributed by atoms with Crippen molar-refractivity contribution in [3.8, 4) is 0 Å². The van der Waals surface area contributed by atoms with E-state index in [0.29, 0.717) is 11.3 Å². The lowest BCUT2D eigenvalue weighted by molar-refractivity contribution is -0.128.